The summed E-state index contributed by atoms with van der Waals surface area (Å²) in [6, 6.07) is 39.8. The fourth-order valence-electron chi connectivity index (χ4n) is 6.92. The first-order chi connectivity index (χ1) is 21.7. The van der Waals surface area contributed by atoms with E-state index in [1.54, 1.807) is 0 Å². The molecule has 8 aromatic rings. The van der Waals surface area contributed by atoms with Gasteiger partial charge in [-0.2, -0.15) is 12.1 Å². The summed E-state index contributed by atoms with van der Waals surface area (Å²) in [6.07, 6.45) is 9.28. The van der Waals surface area contributed by atoms with E-state index >= 15 is 0 Å². The molecule has 6 heteroatoms. The summed E-state index contributed by atoms with van der Waals surface area (Å²) in [7, 11) is 4.13. The largest absolute Gasteiger partial charge is 3.00 e. The molecule has 0 unspecified atom stereocenters. The maximum atomic E-state index is 4.66. The molecule has 2 aliphatic rings. The SMILES string of the molecule is CN1C=C2c3ccccc3-c3ccc[c-][n+]3N2[CH-]1.Cn1c[c-]c2c3ncccc3c3ccc4c5ccccc5ccc4c3c21.[Ir+3]. The normalized spacial score (nSPS) is 13.3. The maximum Gasteiger partial charge on any atom is 3.00 e. The Bertz CT molecular complexity index is 2480. The van der Waals surface area contributed by atoms with Crippen molar-refractivity contribution in [3.8, 4) is 11.3 Å². The van der Waals surface area contributed by atoms with E-state index in [4.69, 9.17) is 0 Å². The predicted octanol–water partition coefficient (Wildman–Crippen LogP) is 7.74. The zero-order chi connectivity index (χ0) is 29.4. The molecule has 2 aliphatic heterocycles. The number of rotatable bonds is 0. The molecule has 0 bridgehead atoms. The molecule has 10 rings (SSSR count). The summed E-state index contributed by atoms with van der Waals surface area (Å²) in [5, 5.41) is 12.1. The summed E-state index contributed by atoms with van der Waals surface area (Å²) in [6.45, 7) is 2.06. The van der Waals surface area contributed by atoms with Crippen molar-refractivity contribution in [2.24, 2.45) is 7.05 Å². The van der Waals surface area contributed by atoms with E-state index in [0.29, 0.717) is 0 Å². The first-order valence-corrected chi connectivity index (χ1v) is 14.8. The Labute approximate surface area is 274 Å². The van der Waals surface area contributed by atoms with E-state index in [9.17, 15) is 0 Å². The third-order valence-corrected chi connectivity index (χ3v) is 8.82. The van der Waals surface area contributed by atoms with E-state index in [1.807, 2.05) is 37.6 Å². The molecule has 45 heavy (non-hydrogen) atoms. The van der Waals surface area contributed by atoms with Crippen LogP contribution in [0.2, 0.25) is 0 Å². The van der Waals surface area contributed by atoms with Crippen molar-refractivity contribution in [3.05, 3.63) is 146 Å². The molecular formula is C39H27IrN5+. The van der Waals surface area contributed by atoms with E-state index < -0.39 is 0 Å². The molecule has 0 atom stereocenters. The van der Waals surface area contributed by atoms with Crippen LogP contribution in [0.1, 0.15) is 5.56 Å². The number of benzene rings is 5. The minimum absolute atomic E-state index is 0. The van der Waals surface area contributed by atoms with Gasteiger partial charge in [-0.15, -0.1) is 11.5 Å². The Hall–Kier alpha value is -5.03. The topological polar surface area (TPSA) is 28.2 Å². The van der Waals surface area contributed by atoms with Crippen LogP contribution < -0.4 is 9.69 Å². The number of aryl methyl sites for hydroxylation is 1. The first kappa shape index (κ1) is 27.5. The summed E-state index contributed by atoms with van der Waals surface area (Å²) >= 11 is 0. The smallest absolute Gasteiger partial charge is 0.504 e. The van der Waals surface area contributed by atoms with Gasteiger partial charge < -0.3 is 14.5 Å². The zero-order valence-electron chi connectivity index (χ0n) is 24.7. The fourth-order valence-corrected chi connectivity index (χ4v) is 6.92. The van der Waals surface area contributed by atoms with Crippen LogP contribution in [-0.4, -0.2) is 21.5 Å². The fraction of sp³-hybridized carbons (Fsp3) is 0.0513. The molecule has 0 N–H and O–H groups in total. The van der Waals surface area contributed by atoms with Crippen molar-refractivity contribution in [1.29, 1.82) is 0 Å². The second-order valence-corrected chi connectivity index (χ2v) is 11.4. The summed E-state index contributed by atoms with van der Waals surface area (Å²) in [5.41, 5.74) is 7.09. The third-order valence-electron chi connectivity index (χ3n) is 8.82. The number of hydrogen-bond acceptors (Lipinski definition) is 3. The number of fused-ring (bicyclic) bond motifs is 16. The minimum atomic E-state index is 0. The standard InChI is InChI=1S/C24H15N2.C15H12N3.Ir/c1-26-14-12-21-23-20(7-4-13-25-23)19-11-10-17-16-6-3-2-5-15(16)8-9-18(17)22(19)24(21)26;1-16-10-15-13-7-3-2-6-12(13)14-8-4-5-9-17(14)18(15)11-16;/h2-11,13-14H,1H3;2-8,10-11H,1H3;/q2*-1;+3. The Morgan fingerprint density at radius 1 is 0.733 bits per heavy atom. The molecular weight excluding hydrogens is 731 g/mol. The van der Waals surface area contributed by atoms with Gasteiger partial charge in [0.1, 0.15) is 11.9 Å². The van der Waals surface area contributed by atoms with Gasteiger partial charge in [-0.3, -0.25) is 5.01 Å². The first-order valence-electron chi connectivity index (χ1n) is 14.8. The molecule has 0 saturated heterocycles. The van der Waals surface area contributed by atoms with Gasteiger partial charge in [0.15, 0.2) is 0 Å². The maximum absolute atomic E-state index is 4.66. The molecule has 0 amide bonds. The second-order valence-electron chi connectivity index (χ2n) is 11.4. The Kier molecular flexibility index (Phi) is 6.45. The molecule has 0 aliphatic carbocycles. The van der Waals surface area contributed by atoms with Crippen LogP contribution in [0.5, 0.6) is 0 Å². The van der Waals surface area contributed by atoms with Crippen LogP contribution in [0.15, 0.2) is 122 Å². The van der Waals surface area contributed by atoms with Gasteiger partial charge in [-0.1, -0.05) is 103 Å². The Balaban J connectivity index is 0.000000139. The summed E-state index contributed by atoms with van der Waals surface area (Å²) < 4.78 is 4.22. The summed E-state index contributed by atoms with van der Waals surface area (Å²) in [4.78, 5) is 6.72. The molecule has 0 saturated carbocycles. The molecule has 0 fully saturated rings. The van der Waals surface area contributed by atoms with Gasteiger partial charge in [0.25, 0.3) is 0 Å². The van der Waals surface area contributed by atoms with Crippen LogP contribution in [0.4, 0.5) is 0 Å². The molecule has 216 valence electrons. The third kappa shape index (κ3) is 4.10. The molecule has 3 aromatic heterocycles. The van der Waals surface area contributed by atoms with Crippen LogP contribution in [0.3, 0.4) is 0 Å². The van der Waals surface area contributed by atoms with Crippen molar-refractivity contribution < 1.29 is 24.8 Å². The van der Waals surface area contributed by atoms with E-state index in [1.165, 1.54) is 60.0 Å². The molecule has 0 spiro atoms. The quantitative estimate of drug-likeness (QED) is 0.0901. The number of aromatic nitrogens is 3. The van der Waals surface area contributed by atoms with Crippen LogP contribution in [-0.2, 0) is 27.2 Å². The molecule has 0 radical (unpaired) electrons. The van der Waals surface area contributed by atoms with Gasteiger partial charge in [-0.05, 0) is 69.6 Å². The van der Waals surface area contributed by atoms with Crippen LogP contribution in [0.25, 0.3) is 71.1 Å². The van der Waals surface area contributed by atoms with Crippen molar-refractivity contribution in [3.63, 3.8) is 0 Å². The second kappa shape index (κ2) is 10.6. The Morgan fingerprint density at radius 2 is 1.49 bits per heavy atom. The monoisotopic (exact) mass is 758 g/mol. The van der Waals surface area contributed by atoms with Gasteiger partial charge >= 0.3 is 20.1 Å². The number of hydrogen-bond donors (Lipinski definition) is 0. The van der Waals surface area contributed by atoms with Crippen molar-refractivity contribution in [2.45, 2.75) is 0 Å². The zero-order valence-corrected chi connectivity index (χ0v) is 27.1. The van der Waals surface area contributed by atoms with Crippen LogP contribution in [0, 0.1) is 18.9 Å². The average Bonchev–Trinajstić information content (AvgIpc) is 3.67. The minimum Gasteiger partial charge on any atom is -0.504 e. The van der Waals surface area contributed by atoms with E-state index in [0.717, 1.165) is 16.6 Å². The Morgan fingerprint density at radius 3 is 2.40 bits per heavy atom. The van der Waals surface area contributed by atoms with Gasteiger partial charge in [-0.25, -0.2) is 4.68 Å². The number of nitrogens with zero attached hydrogens (tertiary/aromatic N) is 5. The van der Waals surface area contributed by atoms with Crippen molar-refractivity contribution >= 4 is 59.8 Å². The van der Waals surface area contributed by atoms with Crippen LogP contribution >= 0.6 is 0 Å². The summed E-state index contributed by atoms with van der Waals surface area (Å²) in [5.74, 6) is 0. The molecule has 5 aromatic carbocycles. The van der Waals surface area contributed by atoms with E-state index in [-0.39, 0.29) is 20.1 Å². The molecule has 5 nitrogen and oxygen atoms in total. The van der Waals surface area contributed by atoms with Gasteiger partial charge in [0.2, 0.25) is 0 Å². The molecule has 5 heterocycles. The average molecular weight is 758 g/mol. The predicted molar refractivity (Wildman–Crippen MR) is 179 cm³/mol. The number of pyridine rings is 2. The van der Waals surface area contributed by atoms with Gasteiger partial charge in [0.05, 0.1) is 5.70 Å². The van der Waals surface area contributed by atoms with E-state index in [2.05, 4.69) is 141 Å². The van der Waals surface area contributed by atoms with Crippen molar-refractivity contribution in [1.82, 2.24) is 14.5 Å². The van der Waals surface area contributed by atoms with Gasteiger partial charge in [0, 0.05) is 17.3 Å². The van der Waals surface area contributed by atoms with Crippen molar-refractivity contribution in [2.75, 3.05) is 12.1 Å².